The molecular formula is C18H16ClFN2O3. The average Bonchev–Trinajstić information content (AvgIpc) is 2.59. The maximum Gasteiger partial charge on any atom is 0.269 e. The summed E-state index contributed by atoms with van der Waals surface area (Å²) in [5.74, 6) is -0.899. The van der Waals surface area contributed by atoms with E-state index in [1.165, 1.54) is 47.4 Å². The van der Waals surface area contributed by atoms with Gasteiger partial charge in [-0.25, -0.2) is 4.39 Å². The van der Waals surface area contributed by atoms with Crippen LogP contribution in [0.5, 0.6) is 0 Å². The first-order valence-electron chi connectivity index (χ1n) is 7.44. The molecule has 2 aromatic carbocycles. The fraction of sp³-hybridized carbons (Fsp3) is 0.167. The van der Waals surface area contributed by atoms with Crippen molar-refractivity contribution in [3.05, 3.63) is 80.6 Å². The SMILES string of the molecule is C[C@H](c1cccc([N+](=O)[O-])c1)N(C)C(=O)/C=C/c1c(F)cccc1Cl. The molecule has 25 heavy (non-hydrogen) atoms. The summed E-state index contributed by atoms with van der Waals surface area (Å²) in [6.45, 7) is 1.75. The first-order chi connectivity index (χ1) is 11.8. The van der Waals surface area contributed by atoms with E-state index in [4.69, 9.17) is 11.6 Å². The molecule has 0 unspecified atom stereocenters. The number of amides is 1. The van der Waals surface area contributed by atoms with Crippen LogP contribution < -0.4 is 0 Å². The third-order valence-corrected chi connectivity index (χ3v) is 4.21. The Hall–Kier alpha value is -2.73. The molecule has 0 aliphatic heterocycles. The van der Waals surface area contributed by atoms with Gasteiger partial charge in [0.1, 0.15) is 5.82 Å². The molecule has 1 amide bonds. The van der Waals surface area contributed by atoms with E-state index >= 15 is 0 Å². The number of hydrogen-bond donors (Lipinski definition) is 0. The number of hydrogen-bond acceptors (Lipinski definition) is 3. The van der Waals surface area contributed by atoms with Gasteiger partial charge in [0.25, 0.3) is 5.69 Å². The Morgan fingerprint density at radius 2 is 2.00 bits per heavy atom. The minimum Gasteiger partial charge on any atom is -0.335 e. The normalized spacial score (nSPS) is 12.2. The van der Waals surface area contributed by atoms with Gasteiger partial charge >= 0.3 is 0 Å². The first kappa shape index (κ1) is 18.6. The molecule has 0 saturated heterocycles. The van der Waals surface area contributed by atoms with Crippen molar-refractivity contribution < 1.29 is 14.1 Å². The highest BCUT2D eigenvalue weighted by Gasteiger charge is 2.18. The number of nitrogens with zero attached hydrogens (tertiary/aromatic N) is 2. The van der Waals surface area contributed by atoms with E-state index in [1.54, 1.807) is 26.1 Å². The highest BCUT2D eigenvalue weighted by atomic mass is 35.5. The van der Waals surface area contributed by atoms with E-state index in [1.807, 2.05) is 0 Å². The number of non-ortho nitro benzene ring substituents is 1. The van der Waals surface area contributed by atoms with Crippen LogP contribution >= 0.6 is 11.6 Å². The van der Waals surface area contributed by atoms with Crippen LogP contribution in [0.2, 0.25) is 5.02 Å². The Morgan fingerprint density at radius 1 is 1.32 bits per heavy atom. The summed E-state index contributed by atoms with van der Waals surface area (Å²) in [6.07, 6.45) is 2.54. The molecule has 0 spiro atoms. The summed E-state index contributed by atoms with van der Waals surface area (Å²) in [5, 5.41) is 11.1. The fourth-order valence-corrected chi connectivity index (χ4v) is 2.48. The summed E-state index contributed by atoms with van der Waals surface area (Å²) < 4.78 is 13.7. The van der Waals surface area contributed by atoms with Crippen molar-refractivity contribution >= 4 is 29.3 Å². The maximum absolute atomic E-state index is 13.7. The summed E-state index contributed by atoms with van der Waals surface area (Å²) >= 11 is 5.92. The van der Waals surface area contributed by atoms with Gasteiger partial charge in [-0.05, 0) is 30.7 Å². The van der Waals surface area contributed by atoms with E-state index < -0.39 is 16.8 Å². The lowest BCUT2D eigenvalue weighted by molar-refractivity contribution is -0.384. The van der Waals surface area contributed by atoms with Crippen LogP contribution in [0.1, 0.15) is 24.1 Å². The molecule has 0 radical (unpaired) electrons. The van der Waals surface area contributed by atoms with Gasteiger partial charge in [0, 0.05) is 30.8 Å². The van der Waals surface area contributed by atoms with Crippen molar-refractivity contribution in [2.24, 2.45) is 0 Å². The number of benzene rings is 2. The van der Waals surface area contributed by atoms with Crippen molar-refractivity contribution in [2.45, 2.75) is 13.0 Å². The van der Waals surface area contributed by atoms with Gasteiger partial charge in [0.15, 0.2) is 0 Å². The number of carbonyl (C=O) groups excluding carboxylic acids is 1. The van der Waals surface area contributed by atoms with Crippen molar-refractivity contribution in [1.29, 1.82) is 0 Å². The van der Waals surface area contributed by atoms with Gasteiger partial charge in [-0.1, -0.05) is 29.8 Å². The number of nitro benzene ring substituents is 1. The molecule has 130 valence electrons. The van der Waals surface area contributed by atoms with E-state index in [9.17, 15) is 19.3 Å². The molecule has 0 heterocycles. The predicted molar refractivity (Wildman–Crippen MR) is 94.7 cm³/mol. The summed E-state index contributed by atoms with van der Waals surface area (Å²) in [6, 6.07) is 9.96. The van der Waals surface area contributed by atoms with E-state index in [0.29, 0.717) is 5.56 Å². The average molecular weight is 363 g/mol. The first-order valence-corrected chi connectivity index (χ1v) is 7.82. The standard InChI is InChI=1S/C18H16ClFN2O3/c1-12(13-5-3-6-14(11-13)22(24)25)21(2)18(23)10-9-15-16(19)7-4-8-17(15)20/h3-12H,1-2H3/b10-9+/t12-/m1/s1. The van der Waals surface area contributed by atoms with Crippen molar-refractivity contribution in [3.8, 4) is 0 Å². The lowest BCUT2D eigenvalue weighted by Gasteiger charge is -2.24. The molecule has 0 saturated carbocycles. The van der Waals surface area contributed by atoms with Gasteiger partial charge in [0.2, 0.25) is 5.91 Å². The number of rotatable bonds is 5. The second-order valence-corrected chi connectivity index (χ2v) is 5.85. The van der Waals surface area contributed by atoms with Gasteiger partial charge < -0.3 is 4.90 Å². The van der Waals surface area contributed by atoms with Gasteiger partial charge in [-0.15, -0.1) is 0 Å². The minimum absolute atomic E-state index is 0.0427. The zero-order chi connectivity index (χ0) is 18.6. The predicted octanol–water partition coefficient (Wildman–Crippen LogP) is 4.62. The van der Waals surface area contributed by atoms with Gasteiger partial charge in [-0.2, -0.15) is 0 Å². The molecule has 5 nitrogen and oxygen atoms in total. The zero-order valence-electron chi connectivity index (χ0n) is 13.6. The smallest absolute Gasteiger partial charge is 0.269 e. The van der Waals surface area contributed by atoms with Crippen molar-refractivity contribution in [3.63, 3.8) is 0 Å². The van der Waals surface area contributed by atoms with Gasteiger partial charge in [0.05, 0.1) is 16.0 Å². The van der Waals surface area contributed by atoms with Crippen LogP contribution in [-0.4, -0.2) is 22.8 Å². The summed E-state index contributed by atoms with van der Waals surface area (Å²) in [4.78, 5) is 24.1. The van der Waals surface area contributed by atoms with Crippen molar-refractivity contribution in [1.82, 2.24) is 4.90 Å². The maximum atomic E-state index is 13.7. The Kier molecular flexibility index (Phi) is 5.88. The highest BCUT2D eigenvalue weighted by Crippen LogP contribution is 2.24. The molecule has 2 rings (SSSR count). The molecule has 2 aromatic rings. The third kappa shape index (κ3) is 4.42. The molecule has 1 atom stereocenters. The van der Waals surface area contributed by atoms with Crippen LogP contribution in [-0.2, 0) is 4.79 Å². The van der Waals surface area contributed by atoms with E-state index in [0.717, 1.165) is 0 Å². The van der Waals surface area contributed by atoms with E-state index in [2.05, 4.69) is 0 Å². The zero-order valence-corrected chi connectivity index (χ0v) is 14.4. The molecule has 0 fully saturated rings. The lowest BCUT2D eigenvalue weighted by atomic mass is 10.1. The molecular weight excluding hydrogens is 347 g/mol. The number of likely N-dealkylation sites (N-methyl/N-ethyl adjacent to an activating group) is 1. The van der Waals surface area contributed by atoms with Crippen LogP contribution in [0, 0.1) is 15.9 Å². The molecule has 0 aliphatic rings. The Labute approximate surface area is 149 Å². The van der Waals surface area contributed by atoms with Crippen LogP contribution in [0.4, 0.5) is 10.1 Å². The Bertz CT molecular complexity index is 819. The second-order valence-electron chi connectivity index (χ2n) is 5.45. The Balaban J connectivity index is 2.18. The largest absolute Gasteiger partial charge is 0.335 e. The van der Waals surface area contributed by atoms with Crippen LogP contribution in [0.3, 0.4) is 0 Å². The molecule has 0 bridgehead atoms. The van der Waals surface area contributed by atoms with Crippen LogP contribution in [0.25, 0.3) is 6.08 Å². The lowest BCUT2D eigenvalue weighted by Crippen LogP contribution is -2.28. The highest BCUT2D eigenvalue weighted by molar-refractivity contribution is 6.32. The molecule has 0 aliphatic carbocycles. The Morgan fingerprint density at radius 3 is 2.64 bits per heavy atom. The summed E-state index contributed by atoms with van der Waals surface area (Å²) in [7, 11) is 1.57. The number of nitro groups is 1. The van der Waals surface area contributed by atoms with E-state index in [-0.39, 0.29) is 22.2 Å². The summed E-state index contributed by atoms with van der Waals surface area (Å²) in [5.41, 5.74) is 0.718. The quantitative estimate of drug-likeness (QED) is 0.443. The fourth-order valence-electron chi connectivity index (χ4n) is 2.25. The van der Waals surface area contributed by atoms with Gasteiger partial charge in [-0.3, -0.25) is 14.9 Å². The van der Waals surface area contributed by atoms with Crippen molar-refractivity contribution in [2.75, 3.05) is 7.05 Å². The molecule has 0 N–H and O–H groups in total. The second kappa shape index (κ2) is 7.90. The number of halogens is 2. The topological polar surface area (TPSA) is 63.5 Å². The number of carbonyl (C=O) groups is 1. The monoisotopic (exact) mass is 362 g/mol. The molecule has 7 heteroatoms. The van der Waals surface area contributed by atoms with Crippen LogP contribution in [0.15, 0.2) is 48.5 Å². The molecule has 0 aromatic heterocycles. The minimum atomic E-state index is -0.522. The third-order valence-electron chi connectivity index (χ3n) is 3.88.